The third kappa shape index (κ3) is 63.8. The number of nitrogens with zero attached hydrogens (tertiary/aromatic N) is 1. The van der Waals surface area contributed by atoms with Gasteiger partial charge >= 0.3 is 109 Å². The van der Waals surface area contributed by atoms with Crippen molar-refractivity contribution >= 4 is 146 Å². The maximum Gasteiger partial charge on any atom is 2.00 e. The van der Waals surface area contributed by atoms with E-state index in [2.05, 4.69) is 87.4 Å². The second-order valence-electron chi connectivity index (χ2n) is 19.3. The minimum absolute atomic E-state index is 0. The van der Waals surface area contributed by atoms with Crippen molar-refractivity contribution in [2.75, 3.05) is 96.8 Å². The molecule has 1 aliphatic rings. The predicted molar refractivity (Wildman–Crippen MR) is 404 cm³/mol. The van der Waals surface area contributed by atoms with Crippen molar-refractivity contribution in [2.24, 2.45) is 4.30 Å². The fourth-order valence-corrected chi connectivity index (χ4v) is 7.96. The molecule has 31 heteroatoms. The van der Waals surface area contributed by atoms with Gasteiger partial charge in [-0.15, -0.1) is 47.5 Å². The summed E-state index contributed by atoms with van der Waals surface area (Å²) < 4.78 is 63.9. The molecular formula is C69H101BBrCl9Li2Mg2NO14S. The minimum Gasteiger partial charge on any atom is -1.00 e. The summed E-state index contributed by atoms with van der Waals surface area (Å²) in [5.41, 5.74) is 8.83. The van der Waals surface area contributed by atoms with E-state index in [1.807, 2.05) is 95.3 Å². The Kier molecular flexibility index (Phi) is 103. The summed E-state index contributed by atoms with van der Waals surface area (Å²) in [5.74, 6) is 10.1. The Morgan fingerprint density at radius 3 is 1.05 bits per heavy atom. The molecule has 1 radical (unpaired) electrons. The molecule has 0 bridgehead atoms. The second-order valence-corrected chi connectivity index (χ2v) is 23.1. The summed E-state index contributed by atoms with van der Waals surface area (Å²) in [6.45, 7) is 25.5. The fraction of sp³-hybridized carbons (Fsp3) is 0.464. The van der Waals surface area contributed by atoms with Crippen molar-refractivity contribution in [3.05, 3.63) is 140 Å². The number of alkyl halides is 5. The van der Waals surface area contributed by atoms with Crippen LogP contribution in [-0.4, -0.2) is 166 Å². The van der Waals surface area contributed by atoms with Crippen LogP contribution in [-0.2, 0) is 9.53 Å². The van der Waals surface area contributed by atoms with E-state index in [1.54, 1.807) is 96.4 Å². The van der Waals surface area contributed by atoms with E-state index in [9.17, 15) is 9.90 Å². The van der Waals surface area contributed by atoms with Gasteiger partial charge in [0, 0.05) is 60.5 Å². The summed E-state index contributed by atoms with van der Waals surface area (Å²) in [6, 6.07) is 30.6. The molecule has 7 rings (SSSR count). The van der Waals surface area contributed by atoms with Gasteiger partial charge in [-0.25, -0.2) is 0 Å². The van der Waals surface area contributed by atoms with Gasteiger partial charge in [-0.3, -0.25) is 0 Å². The van der Waals surface area contributed by atoms with Crippen molar-refractivity contribution in [1.29, 1.82) is 0 Å². The molecule has 0 saturated carbocycles. The molecule has 0 spiro atoms. The van der Waals surface area contributed by atoms with E-state index in [1.165, 1.54) is 37.8 Å². The number of halogens is 10. The summed E-state index contributed by atoms with van der Waals surface area (Å²) in [6.07, 6.45) is 2.56. The normalized spacial score (nSPS) is 9.20. The van der Waals surface area contributed by atoms with Gasteiger partial charge in [-0.05, 0) is 146 Å². The molecule has 1 fully saturated rings. The van der Waals surface area contributed by atoms with Crippen LogP contribution >= 0.6 is 86.7 Å². The Bertz CT molecular complexity index is 2720. The molecular weight excluding hydrogens is 1570 g/mol. The van der Waals surface area contributed by atoms with Crippen LogP contribution in [0.15, 0.2) is 87.6 Å². The first-order chi connectivity index (χ1) is 42.9. The number of ketones is 1. The zero-order valence-electron chi connectivity index (χ0n) is 62.2. The molecule has 1 saturated heterocycles. The number of rotatable bonds is 13. The molecule has 1 heterocycles. The van der Waals surface area contributed by atoms with Gasteiger partial charge in [-0.1, -0.05) is 95.9 Å². The van der Waals surface area contributed by atoms with Crippen LogP contribution in [0.5, 0.6) is 69.0 Å². The van der Waals surface area contributed by atoms with Crippen molar-refractivity contribution in [1.82, 2.24) is 0 Å². The Morgan fingerprint density at radius 2 is 0.790 bits per heavy atom. The van der Waals surface area contributed by atoms with Gasteiger partial charge in [0.15, 0.2) is 4.30 Å². The average molecular weight is 1670 g/mol. The summed E-state index contributed by atoms with van der Waals surface area (Å²) in [5, 5.41) is 9.89. The SMILES string of the molecule is C.C1CCOC1.CC(C)=O.COc1[c-]c(C)cc(OC)c1.COc1[c-]c(C)cc(OC)c1.COc1cc(C)c(Br)c(OC)c1.COc1cc(C)c(C(C)C)c(O)c1.COc1cc(C)c(C(C)C)c(OC)c1.COc1cc(C)cc(OC)c1.ClC(Cl)Cl.ClCCl.[B]=NS.[Cl-].[Cl-].[Cl-].[Cl-].[Li+].[Li+].[Mg+2].[Mg+2]. The van der Waals surface area contributed by atoms with E-state index in [0.29, 0.717) is 34.8 Å². The van der Waals surface area contributed by atoms with E-state index in [4.69, 9.17) is 115 Å². The van der Waals surface area contributed by atoms with Crippen molar-refractivity contribution in [2.45, 2.75) is 119 Å². The second kappa shape index (κ2) is 80.1. The van der Waals surface area contributed by atoms with Gasteiger partial charge in [0.2, 0.25) is 0 Å². The Hall–Kier alpha value is -1.42. The van der Waals surface area contributed by atoms with Crippen LogP contribution in [0.4, 0.5) is 0 Å². The minimum atomic E-state index is -0.750. The fourth-order valence-electron chi connectivity index (χ4n) is 7.57. The molecule has 0 amide bonds. The molecule has 0 unspecified atom stereocenters. The predicted octanol–water partition coefficient (Wildman–Crippen LogP) is 1.26. The number of ether oxygens (including phenoxy) is 12. The van der Waals surface area contributed by atoms with Gasteiger partial charge in [0.1, 0.15) is 51.8 Å². The number of aryl methyl sites for hydroxylation is 6. The average Bonchev–Trinajstić information content (AvgIpc) is 0.914. The number of hydrogen-bond acceptors (Lipinski definition) is 16. The van der Waals surface area contributed by atoms with Crippen LogP contribution in [0.3, 0.4) is 0 Å². The Balaban J connectivity index is -0.0000000772. The van der Waals surface area contributed by atoms with Crippen LogP contribution in [0.25, 0.3) is 0 Å². The van der Waals surface area contributed by atoms with Crippen LogP contribution in [0.2, 0.25) is 0 Å². The number of benzene rings is 6. The van der Waals surface area contributed by atoms with E-state index in [0.717, 1.165) is 97.1 Å². The molecule has 6 aromatic rings. The molecule has 1 aliphatic heterocycles. The third-order valence-corrected chi connectivity index (χ3v) is 12.3. The standard InChI is InChI=1S/C12H18O2.C11H16O2.C9H11BrO2.C9H12O2.2C9H11O2.C4H8O.C3H6O.CHCl3.CH2Cl2.CH4.BHNS.4ClH.2Li.2Mg/c1-8(2)12-9(3)6-10(13-4)7-11(12)14-5;1-7(2)11-8(3)5-9(13-4)6-10(11)12;1-6-4-7(11-2)5-8(12-3)9(6)10;3*1-7-4-8(10-2)6-9(5-7)11-3;1-2-4-5-3-1;1-3(2)4;2-1(3)4;2-1-3;;1-2-3;;;;;;;;/h6-8H,1-5H3;5-7,12H,1-4H3;4-5H,1-3H3;4-6H,1-3H3;2*4,6H,1-3H3;1-4H2;1-2H3;1H;1H2;1H4;3H;4*1H;;;;/q;;;;2*-1;;;;;;;;;;;2*+1;2*+2/p-4. The maximum atomic E-state index is 9.69. The maximum absolute atomic E-state index is 9.69. The summed E-state index contributed by atoms with van der Waals surface area (Å²) in [7, 11) is 22.4. The zero-order chi connectivity index (χ0) is 70.8. The molecule has 0 atom stereocenters. The van der Waals surface area contributed by atoms with Gasteiger partial charge in [0.05, 0.1) is 88.0 Å². The van der Waals surface area contributed by atoms with E-state index < -0.39 is 4.30 Å². The largest absolute Gasteiger partial charge is 2.00 e. The number of thiol groups is 1. The molecule has 551 valence electrons. The van der Waals surface area contributed by atoms with E-state index in [-0.39, 0.29) is 152 Å². The zero-order valence-corrected chi connectivity index (χ0v) is 74.3. The topological polar surface area (TPSA) is 160 Å². The Labute approximate surface area is 722 Å². The number of Topliss-reactive ketones (excluding diaryl/α,β-unsaturated/α-hetero) is 1. The molecule has 1 N–H and O–H groups in total. The summed E-state index contributed by atoms with van der Waals surface area (Å²) in [4.78, 5) is 9.44. The quantitative estimate of drug-likeness (QED) is 0.0737. The number of phenolic OH excluding ortho intramolecular Hbond substituents is 1. The van der Waals surface area contributed by atoms with Gasteiger partial charge in [0.25, 0.3) is 0 Å². The summed E-state index contributed by atoms with van der Waals surface area (Å²) >= 11 is 30.6. The number of methoxy groups -OCH3 is 11. The van der Waals surface area contributed by atoms with Crippen LogP contribution < -0.4 is 139 Å². The van der Waals surface area contributed by atoms with Crippen LogP contribution in [0, 0.1) is 53.7 Å². The number of carbonyl (C=O) groups is 1. The van der Waals surface area contributed by atoms with Crippen LogP contribution in [0.1, 0.15) is 118 Å². The molecule has 100 heavy (non-hydrogen) atoms. The molecule has 0 aromatic heterocycles. The number of phenols is 1. The first-order valence-electron chi connectivity index (χ1n) is 28.0. The number of carbonyl (C=O) groups excluding carboxylic acids is 1. The third-order valence-electron chi connectivity index (χ3n) is 11.3. The molecule has 6 aromatic carbocycles. The first kappa shape index (κ1) is 128. The number of hydrogen-bond donors (Lipinski definition) is 2. The number of aromatic hydroxyl groups is 1. The molecule has 15 nitrogen and oxygen atoms in total. The smallest absolute Gasteiger partial charge is 1.00 e. The van der Waals surface area contributed by atoms with Crippen molar-refractivity contribution in [3.8, 4) is 69.0 Å². The monoisotopic (exact) mass is 1670 g/mol. The van der Waals surface area contributed by atoms with Crippen molar-refractivity contribution < 1.29 is 154 Å². The van der Waals surface area contributed by atoms with Gasteiger partial charge < -0.3 is 116 Å². The van der Waals surface area contributed by atoms with Gasteiger partial charge in [-0.2, -0.15) is 11.1 Å². The Morgan fingerprint density at radius 1 is 0.520 bits per heavy atom. The van der Waals surface area contributed by atoms with Crippen molar-refractivity contribution in [3.63, 3.8) is 0 Å². The first-order valence-corrected chi connectivity index (χ1v) is 31.5. The molecule has 0 aliphatic carbocycles. The van der Waals surface area contributed by atoms with E-state index >= 15 is 0 Å².